The molecule has 2 aliphatic rings. The van der Waals surface area contributed by atoms with Crippen LogP contribution in [0, 0.1) is 5.92 Å². The van der Waals surface area contributed by atoms with Crippen LogP contribution in [0.5, 0.6) is 11.5 Å². The van der Waals surface area contributed by atoms with E-state index in [1.807, 2.05) is 36.1 Å². The Labute approximate surface area is 157 Å². The molecule has 2 fully saturated rings. The van der Waals surface area contributed by atoms with E-state index in [0.717, 1.165) is 49.8 Å². The van der Waals surface area contributed by atoms with Crippen LogP contribution in [0.4, 0.5) is 0 Å². The van der Waals surface area contributed by atoms with Crippen molar-refractivity contribution < 1.29 is 14.3 Å². The summed E-state index contributed by atoms with van der Waals surface area (Å²) in [5.74, 6) is 2.70. The largest absolute Gasteiger partial charge is 0.490 e. The quantitative estimate of drug-likeness (QED) is 0.651. The highest BCUT2D eigenvalue weighted by Gasteiger charge is 2.25. The van der Waals surface area contributed by atoms with Crippen molar-refractivity contribution in [3.8, 4) is 11.5 Å². The summed E-state index contributed by atoms with van der Waals surface area (Å²) in [5.41, 5.74) is 0. The lowest BCUT2D eigenvalue weighted by Crippen LogP contribution is -2.45. The van der Waals surface area contributed by atoms with Crippen molar-refractivity contribution >= 4 is 5.91 Å². The summed E-state index contributed by atoms with van der Waals surface area (Å²) in [6.07, 6.45) is 6.23. The summed E-state index contributed by atoms with van der Waals surface area (Å²) in [4.78, 5) is 14.4. The van der Waals surface area contributed by atoms with E-state index in [2.05, 4.69) is 5.32 Å². The molecule has 1 aliphatic carbocycles. The molecule has 0 atom stereocenters. The molecule has 0 spiro atoms. The molecule has 1 amide bonds. The number of rotatable bonds is 10. The first-order valence-corrected chi connectivity index (χ1v) is 10.1. The third kappa shape index (κ3) is 5.90. The minimum Gasteiger partial charge on any atom is -0.490 e. The van der Waals surface area contributed by atoms with Crippen molar-refractivity contribution in [2.45, 2.75) is 51.5 Å². The van der Waals surface area contributed by atoms with Gasteiger partial charge in [-0.15, -0.1) is 0 Å². The minimum absolute atomic E-state index is 0.257. The highest BCUT2D eigenvalue weighted by Crippen LogP contribution is 2.28. The molecule has 0 aromatic heterocycles. The molecule has 3 rings (SSSR count). The van der Waals surface area contributed by atoms with Gasteiger partial charge in [0.05, 0.1) is 13.2 Å². The lowest BCUT2D eigenvalue weighted by molar-refractivity contribution is -0.132. The molecular weight excluding hydrogens is 328 g/mol. The van der Waals surface area contributed by atoms with E-state index in [0.29, 0.717) is 25.7 Å². The van der Waals surface area contributed by atoms with Crippen LogP contribution in [-0.2, 0) is 4.79 Å². The van der Waals surface area contributed by atoms with E-state index in [1.165, 1.54) is 19.4 Å². The van der Waals surface area contributed by atoms with Gasteiger partial charge < -0.3 is 19.7 Å². The van der Waals surface area contributed by atoms with Gasteiger partial charge in [-0.05, 0) is 63.6 Å². The molecule has 26 heavy (non-hydrogen) atoms. The predicted molar refractivity (Wildman–Crippen MR) is 103 cm³/mol. The second kappa shape index (κ2) is 9.81. The van der Waals surface area contributed by atoms with E-state index < -0.39 is 0 Å². The van der Waals surface area contributed by atoms with E-state index in [4.69, 9.17) is 9.47 Å². The second-order valence-corrected chi connectivity index (χ2v) is 7.34. The number of nitrogens with zero attached hydrogens (tertiary/aromatic N) is 1. The van der Waals surface area contributed by atoms with Gasteiger partial charge in [-0.3, -0.25) is 4.79 Å². The normalized spacial score (nSPS) is 18.0. The van der Waals surface area contributed by atoms with Crippen molar-refractivity contribution in [2.24, 2.45) is 5.92 Å². The number of ether oxygens (including phenoxy) is 2. The lowest BCUT2D eigenvalue weighted by atomic mass is 10.0. The van der Waals surface area contributed by atoms with Crippen LogP contribution in [0.15, 0.2) is 24.3 Å². The maximum absolute atomic E-state index is 12.4. The fourth-order valence-electron chi connectivity index (χ4n) is 3.40. The van der Waals surface area contributed by atoms with Crippen LogP contribution >= 0.6 is 0 Å². The number of carbonyl (C=O) groups excluding carboxylic acids is 1. The Morgan fingerprint density at radius 1 is 1.12 bits per heavy atom. The molecule has 144 valence electrons. The summed E-state index contributed by atoms with van der Waals surface area (Å²) in [7, 11) is 0. The van der Waals surface area contributed by atoms with Crippen molar-refractivity contribution in [1.82, 2.24) is 10.2 Å². The summed E-state index contributed by atoms with van der Waals surface area (Å²) in [6, 6.07) is 8.28. The summed E-state index contributed by atoms with van der Waals surface area (Å²) >= 11 is 0. The summed E-state index contributed by atoms with van der Waals surface area (Å²) in [6.45, 7) is 6.04. The van der Waals surface area contributed by atoms with Gasteiger partial charge in [-0.2, -0.15) is 0 Å². The molecule has 0 bridgehead atoms. The Kier molecular flexibility index (Phi) is 7.18. The van der Waals surface area contributed by atoms with Gasteiger partial charge in [0.2, 0.25) is 5.91 Å². The number of carbonyl (C=O) groups is 1. The number of likely N-dealkylation sites (tertiary alicyclic amines) is 1. The zero-order chi connectivity index (χ0) is 18.2. The Balaban J connectivity index is 1.30. The van der Waals surface area contributed by atoms with Crippen LogP contribution in [-0.4, -0.2) is 49.7 Å². The maximum Gasteiger partial charge on any atom is 0.222 e. The molecule has 0 radical (unpaired) electrons. The number of benzene rings is 1. The van der Waals surface area contributed by atoms with E-state index in [9.17, 15) is 4.79 Å². The lowest BCUT2D eigenvalue weighted by Gasteiger charge is -2.32. The number of hydrogen-bond donors (Lipinski definition) is 1. The Morgan fingerprint density at radius 2 is 1.81 bits per heavy atom. The zero-order valence-electron chi connectivity index (χ0n) is 15.9. The smallest absolute Gasteiger partial charge is 0.222 e. The van der Waals surface area contributed by atoms with E-state index >= 15 is 0 Å². The third-order valence-electron chi connectivity index (χ3n) is 5.18. The van der Waals surface area contributed by atoms with E-state index in [1.54, 1.807) is 0 Å². The first kappa shape index (κ1) is 19.0. The van der Waals surface area contributed by atoms with E-state index in [-0.39, 0.29) is 5.91 Å². The van der Waals surface area contributed by atoms with Crippen molar-refractivity contribution in [1.29, 1.82) is 0 Å². The number of amides is 1. The maximum atomic E-state index is 12.4. The van der Waals surface area contributed by atoms with Crippen LogP contribution < -0.4 is 14.8 Å². The summed E-state index contributed by atoms with van der Waals surface area (Å²) in [5, 5.41) is 3.66. The van der Waals surface area contributed by atoms with Crippen molar-refractivity contribution in [2.75, 3.05) is 32.8 Å². The monoisotopic (exact) mass is 360 g/mol. The SMILES string of the molecule is CCOc1ccccc1OCCCC(=O)N1CCC(NCC2CC2)CC1. The highest BCUT2D eigenvalue weighted by atomic mass is 16.5. The molecule has 0 unspecified atom stereocenters. The molecule has 5 heteroatoms. The van der Waals surface area contributed by atoms with Crippen molar-refractivity contribution in [3.63, 3.8) is 0 Å². The fraction of sp³-hybridized carbons (Fsp3) is 0.667. The standard InChI is InChI=1S/C21H32N2O3/c1-2-25-19-6-3-4-7-20(19)26-15-5-8-21(24)23-13-11-18(12-14-23)22-16-17-9-10-17/h3-4,6-7,17-18,22H,2,5,8-16H2,1H3. The molecular formula is C21H32N2O3. The van der Waals surface area contributed by atoms with Crippen LogP contribution in [0.3, 0.4) is 0 Å². The van der Waals surface area contributed by atoms with Gasteiger partial charge in [0, 0.05) is 25.6 Å². The Hall–Kier alpha value is -1.75. The second-order valence-electron chi connectivity index (χ2n) is 7.34. The van der Waals surface area contributed by atoms with Gasteiger partial charge in [-0.25, -0.2) is 0 Å². The molecule has 1 saturated heterocycles. The average Bonchev–Trinajstić information content (AvgIpc) is 3.50. The fourth-order valence-corrected chi connectivity index (χ4v) is 3.40. The number of para-hydroxylation sites is 2. The minimum atomic E-state index is 0.257. The first-order chi connectivity index (χ1) is 12.8. The van der Waals surface area contributed by atoms with Crippen LogP contribution in [0.25, 0.3) is 0 Å². The van der Waals surface area contributed by atoms with Gasteiger partial charge in [0.15, 0.2) is 11.5 Å². The topological polar surface area (TPSA) is 50.8 Å². The van der Waals surface area contributed by atoms with Crippen LogP contribution in [0.2, 0.25) is 0 Å². The van der Waals surface area contributed by atoms with Gasteiger partial charge >= 0.3 is 0 Å². The molecule has 5 nitrogen and oxygen atoms in total. The third-order valence-corrected chi connectivity index (χ3v) is 5.18. The molecule has 1 aromatic carbocycles. The molecule has 1 aromatic rings. The predicted octanol–water partition coefficient (Wildman–Crippen LogP) is 3.23. The molecule has 1 heterocycles. The summed E-state index contributed by atoms with van der Waals surface area (Å²) < 4.78 is 11.4. The Bertz CT molecular complexity index is 566. The molecule has 1 saturated carbocycles. The van der Waals surface area contributed by atoms with Crippen LogP contribution in [0.1, 0.15) is 45.4 Å². The zero-order valence-corrected chi connectivity index (χ0v) is 15.9. The molecule has 1 N–H and O–H groups in total. The first-order valence-electron chi connectivity index (χ1n) is 10.1. The number of piperidine rings is 1. The molecule has 1 aliphatic heterocycles. The number of nitrogens with one attached hydrogen (secondary N) is 1. The highest BCUT2D eigenvalue weighted by molar-refractivity contribution is 5.76. The number of hydrogen-bond acceptors (Lipinski definition) is 4. The van der Waals surface area contributed by atoms with Gasteiger partial charge in [0.25, 0.3) is 0 Å². The average molecular weight is 360 g/mol. The van der Waals surface area contributed by atoms with Gasteiger partial charge in [-0.1, -0.05) is 12.1 Å². The van der Waals surface area contributed by atoms with Crippen molar-refractivity contribution in [3.05, 3.63) is 24.3 Å². The Morgan fingerprint density at radius 3 is 2.46 bits per heavy atom. The van der Waals surface area contributed by atoms with Gasteiger partial charge in [0.1, 0.15) is 0 Å².